The van der Waals surface area contributed by atoms with Gasteiger partial charge >= 0.3 is 5.97 Å². The highest BCUT2D eigenvalue weighted by molar-refractivity contribution is 5.91. The van der Waals surface area contributed by atoms with Crippen molar-refractivity contribution in [2.45, 2.75) is 72.6 Å². The average Bonchev–Trinajstić information content (AvgIpc) is 3.35. The van der Waals surface area contributed by atoms with Crippen molar-refractivity contribution in [1.82, 2.24) is 9.88 Å². The Kier molecular flexibility index (Phi) is 9.45. The molecule has 0 aliphatic heterocycles. The molecule has 6 heteroatoms. The van der Waals surface area contributed by atoms with Gasteiger partial charge in [0.2, 0.25) is 5.91 Å². The number of hydrogen-bond donors (Lipinski definition) is 1. The number of Topliss-reactive ketones (excluding diaryl/α,β-unsaturated/α-hetero) is 1. The molecule has 0 saturated heterocycles. The lowest BCUT2D eigenvalue weighted by Gasteiger charge is -2.31. The predicted molar refractivity (Wildman–Crippen MR) is 146 cm³/mol. The zero-order chi connectivity index (χ0) is 27.0. The maximum atomic E-state index is 13.5. The van der Waals surface area contributed by atoms with Gasteiger partial charge in [-0.1, -0.05) is 88.7 Å². The quantitative estimate of drug-likeness (QED) is 0.331. The van der Waals surface area contributed by atoms with E-state index in [1.54, 1.807) is 10.8 Å². The second-order valence-electron chi connectivity index (χ2n) is 10.6. The van der Waals surface area contributed by atoms with Crippen LogP contribution in [-0.2, 0) is 32.1 Å². The molecule has 1 amide bonds. The summed E-state index contributed by atoms with van der Waals surface area (Å²) in [4.78, 5) is 38.6. The van der Waals surface area contributed by atoms with Gasteiger partial charge in [0.15, 0.2) is 5.78 Å². The number of carbonyl (C=O) groups is 3. The van der Waals surface area contributed by atoms with Crippen molar-refractivity contribution in [1.29, 1.82) is 0 Å². The van der Waals surface area contributed by atoms with E-state index in [2.05, 4.69) is 36.5 Å². The van der Waals surface area contributed by atoms with Crippen LogP contribution < -0.4 is 5.32 Å². The lowest BCUT2D eigenvalue weighted by Crippen LogP contribution is -2.50. The SMILES string of the molecule is CCCc1ccc(-c2ccn([C@H](CC(=O)OCc3ccccc3)C(=O)N[C@H](C(C)=O)C(C)(C)C)c2)cc1. The highest BCUT2D eigenvalue weighted by atomic mass is 16.5. The summed E-state index contributed by atoms with van der Waals surface area (Å²) in [5, 5.41) is 2.89. The van der Waals surface area contributed by atoms with Gasteiger partial charge in [-0.15, -0.1) is 0 Å². The molecule has 0 fully saturated rings. The first-order chi connectivity index (χ1) is 17.6. The minimum Gasteiger partial charge on any atom is -0.461 e. The Bertz CT molecular complexity index is 1190. The predicted octanol–water partition coefficient (Wildman–Crippen LogP) is 5.90. The third-order valence-corrected chi connectivity index (χ3v) is 6.36. The van der Waals surface area contributed by atoms with Crippen LogP contribution >= 0.6 is 0 Å². The monoisotopic (exact) mass is 502 g/mol. The van der Waals surface area contributed by atoms with Gasteiger partial charge in [0.1, 0.15) is 12.6 Å². The van der Waals surface area contributed by atoms with Crippen molar-refractivity contribution in [3.05, 3.63) is 84.2 Å². The molecule has 3 rings (SSSR count). The van der Waals surface area contributed by atoms with E-state index in [1.165, 1.54) is 12.5 Å². The molecular weight excluding hydrogens is 464 g/mol. The molecule has 2 atom stereocenters. The molecule has 2 aromatic carbocycles. The number of amides is 1. The van der Waals surface area contributed by atoms with E-state index in [0.717, 1.165) is 29.5 Å². The Labute approximate surface area is 220 Å². The van der Waals surface area contributed by atoms with Gasteiger partial charge in [0, 0.05) is 12.4 Å². The summed E-state index contributed by atoms with van der Waals surface area (Å²) in [5.74, 6) is -1.02. The standard InChI is InChI=1S/C31H38N2O4/c1-6-10-23-13-15-25(16-14-23)26-17-18-33(20-26)27(30(36)32-29(22(2)34)31(3,4)5)19-28(35)37-21-24-11-8-7-9-12-24/h7-9,11-18,20,27,29H,6,10,19,21H2,1-5H3,(H,32,36)/t27-,29-/m1/s1. The number of esters is 1. The van der Waals surface area contributed by atoms with Crippen LogP contribution in [0.25, 0.3) is 11.1 Å². The van der Waals surface area contributed by atoms with Crippen LogP contribution in [0.3, 0.4) is 0 Å². The first-order valence-corrected chi connectivity index (χ1v) is 12.9. The molecule has 0 radical (unpaired) electrons. The molecule has 196 valence electrons. The zero-order valence-corrected chi connectivity index (χ0v) is 22.5. The van der Waals surface area contributed by atoms with Gasteiger partial charge in [-0.25, -0.2) is 0 Å². The molecule has 1 heterocycles. The molecule has 0 saturated carbocycles. The summed E-state index contributed by atoms with van der Waals surface area (Å²) in [6.07, 6.45) is 5.62. The number of nitrogens with zero attached hydrogens (tertiary/aromatic N) is 1. The van der Waals surface area contributed by atoms with Crippen LogP contribution in [0.4, 0.5) is 0 Å². The average molecular weight is 503 g/mol. The first-order valence-electron chi connectivity index (χ1n) is 12.9. The second-order valence-corrected chi connectivity index (χ2v) is 10.6. The van der Waals surface area contributed by atoms with Crippen LogP contribution in [0, 0.1) is 5.41 Å². The van der Waals surface area contributed by atoms with E-state index in [1.807, 2.05) is 63.4 Å². The molecular formula is C31H38N2O4. The van der Waals surface area contributed by atoms with E-state index < -0.39 is 29.4 Å². The van der Waals surface area contributed by atoms with Crippen LogP contribution in [-0.4, -0.2) is 28.3 Å². The second kappa shape index (κ2) is 12.5. The Morgan fingerprint density at radius 1 is 0.919 bits per heavy atom. The molecule has 0 bridgehead atoms. The largest absolute Gasteiger partial charge is 0.461 e. The number of aromatic nitrogens is 1. The fourth-order valence-corrected chi connectivity index (χ4v) is 4.38. The minimum absolute atomic E-state index is 0.132. The van der Waals surface area contributed by atoms with Crippen LogP contribution in [0.2, 0.25) is 0 Å². The van der Waals surface area contributed by atoms with Gasteiger partial charge < -0.3 is 14.6 Å². The van der Waals surface area contributed by atoms with Crippen molar-refractivity contribution in [3.8, 4) is 11.1 Å². The van der Waals surface area contributed by atoms with Crippen molar-refractivity contribution in [2.24, 2.45) is 5.41 Å². The zero-order valence-electron chi connectivity index (χ0n) is 22.5. The molecule has 6 nitrogen and oxygen atoms in total. The number of ether oxygens (including phenoxy) is 1. The highest BCUT2D eigenvalue weighted by Gasteiger charge is 2.33. The summed E-state index contributed by atoms with van der Waals surface area (Å²) >= 11 is 0. The molecule has 0 spiro atoms. The van der Waals surface area contributed by atoms with E-state index in [9.17, 15) is 14.4 Å². The van der Waals surface area contributed by atoms with Crippen molar-refractivity contribution in [2.75, 3.05) is 0 Å². The van der Waals surface area contributed by atoms with Gasteiger partial charge in [-0.2, -0.15) is 0 Å². The Morgan fingerprint density at radius 3 is 2.19 bits per heavy atom. The molecule has 1 aromatic heterocycles. The summed E-state index contributed by atoms with van der Waals surface area (Å²) in [5.41, 5.74) is 3.65. The maximum Gasteiger partial charge on any atom is 0.308 e. The Hall–Kier alpha value is -3.67. The Morgan fingerprint density at radius 2 is 1.59 bits per heavy atom. The number of benzene rings is 2. The molecule has 0 unspecified atom stereocenters. The number of aryl methyl sites for hydroxylation is 1. The number of ketones is 1. The van der Waals surface area contributed by atoms with E-state index in [0.29, 0.717) is 0 Å². The normalized spacial score (nSPS) is 13.0. The fourth-order valence-electron chi connectivity index (χ4n) is 4.38. The molecule has 0 aliphatic rings. The lowest BCUT2D eigenvalue weighted by molar-refractivity contribution is -0.148. The Balaban J connectivity index is 1.83. The van der Waals surface area contributed by atoms with E-state index in [4.69, 9.17) is 4.74 Å². The number of rotatable bonds is 11. The molecule has 37 heavy (non-hydrogen) atoms. The smallest absolute Gasteiger partial charge is 0.308 e. The molecule has 0 aliphatic carbocycles. The van der Waals surface area contributed by atoms with Gasteiger partial charge in [0.05, 0.1) is 12.5 Å². The van der Waals surface area contributed by atoms with Gasteiger partial charge in [-0.3, -0.25) is 14.4 Å². The number of carbonyl (C=O) groups excluding carboxylic acids is 3. The molecule has 3 aromatic rings. The van der Waals surface area contributed by atoms with E-state index in [-0.39, 0.29) is 18.8 Å². The third-order valence-electron chi connectivity index (χ3n) is 6.36. The summed E-state index contributed by atoms with van der Waals surface area (Å²) in [6.45, 7) is 9.46. The number of nitrogens with one attached hydrogen (secondary N) is 1. The van der Waals surface area contributed by atoms with Crippen molar-refractivity contribution < 1.29 is 19.1 Å². The lowest BCUT2D eigenvalue weighted by atomic mass is 9.84. The van der Waals surface area contributed by atoms with Gasteiger partial charge in [0.25, 0.3) is 0 Å². The third kappa shape index (κ3) is 7.91. The number of hydrogen-bond acceptors (Lipinski definition) is 4. The van der Waals surface area contributed by atoms with Crippen molar-refractivity contribution in [3.63, 3.8) is 0 Å². The minimum atomic E-state index is -0.861. The topological polar surface area (TPSA) is 77.4 Å². The van der Waals surface area contributed by atoms with Crippen LogP contribution in [0.1, 0.15) is 64.6 Å². The van der Waals surface area contributed by atoms with E-state index >= 15 is 0 Å². The van der Waals surface area contributed by atoms with Gasteiger partial charge in [-0.05, 0) is 47.1 Å². The highest BCUT2D eigenvalue weighted by Crippen LogP contribution is 2.26. The summed E-state index contributed by atoms with van der Waals surface area (Å²) in [6, 6.07) is 18.2. The maximum absolute atomic E-state index is 13.5. The summed E-state index contributed by atoms with van der Waals surface area (Å²) in [7, 11) is 0. The summed E-state index contributed by atoms with van der Waals surface area (Å²) < 4.78 is 7.21. The van der Waals surface area contributed by atoms with Crippen molar-refractivity contribution >= 4 is 17.7 Å². The molecule has 1 N–H and O–H groups in total. The first kappa shape index (κ1) is 27.9. The van der Waals surface area contributed by atoms with Crippen LogP contribution in [0.15, 0.2) is 73.1 Å². The van der Waals surface area contributed by atoms with Crippen LogP contribution in [0.5, 0.6) is 0 Å². The fraction of sp³-hybridized carbons (Fsp3) is 0.387.